The van der Waals surface area contributed by atoms with Crippen LogP contribution in [-0.4, -0.2) is 22.5 Å². The molecule has 1 aromatic carbocycles. The molecule has 0 fully saturated rings. The van der Waals surface area contributed by atoms with Crippen LogP contribution in [0.4, 0.5) is 4.39 Å². The van der Waals surface area contributed by atoms with Crippen molar-refractivity contribution in [3.8, 4) is 0 Å². The maximum Gasteiger partial charge on any atom is 0.139 e. The Labute approximate surface area is 98.7 Å². The topological polar surface area (TPSA) is 29.1 Å². The van der Waals surface area contributed by atoms with E-state index in [0.29, 0.717) is 16.7 Å². The van der Waals surface area contributed by atoms with Crippen LogP contribution in [0.15, 0.2) is 29.2 Å². The minimum Gasteiger partial charge on any atom is -0.315 e. The van der Waals surface area contributed by atoms with Crippen LogP contribution in [-0.2, 0) is 10.8 Å². The molecule has 1 N–H and O–H groups in total. The highest BCUT2D eigenvalue weighted by atomic mass is 32.2. The molecule has 0 spiro atoms. The Morgan fingerprint density at radius 3 is 2.75 bits per heavy atom. The Morgan fingerprint density at radius 1 is 1.44 bits per heavy atom. The van der Waals surface area contributed by atoms with Gasteiger partial charge in [-0.3, -0.25) is 4.21 Å². The third-order valence-electron chi connectivity index (χ3n) is 2.37. The smallest absolute Gasteiger partial charge is 0.139 e. The molecule has 0 saturated heterocycles. The quantitative estimate of drug-likeness (QED) is 0.831. The zero-order valence-electron chi connectivity index (χ0n) is 9.70. The zero-order chi connectivity index (χ0) is 12.0. The van der Waals surface area contributed by atoms with Gasteiger partial charge in [-0.25, -0.2) is 4.39 Å². The maximum atomic E-state index is 13.3. The molecular weight excluding hydrogens is 225 g/mol. The second-order valence-corrected chi connectivity index (χ2v) is 5.27. The highest BCUT2D eigenvalue weighted by Gasteiger charge is 2.10. The van der Waals surface area contributed by atoms with Crippen molar-refractivity contribution < 1.29 is 8.60 Å². The molecule has 0 bridgehead atoms. The van der Waals surface area contributed by atoms with Crippen molar-refractivity contribution >= 4 is 10.8 Å². The molecular formula is C12H18FNOS. The molecule has 0 radical (unpaired) electrons. The summed E-state index contributed by atoms with van der Waals surface area (Å²) in [5, 5.41) is 3.24. The summed E-state index contributed by atoms with van der Waals surface area (Å²) in [6.45, 7) is 4.97. The fourth-order valence-electron chi connectivity index (χ4n) is 1.47. The molecule has 1 rings (SSSR count). The van der Waals surface area contributed by atoms with Gasteiger partial charge >= 0.3 is 0 Å². The molecule has 90 valence electrons. The predicted octanol–water partition coefficient (Wildman–Crippen LogP) is 2.32. The number of nitrogens with one attached hydrogen (secondary N) is 1. The van der Waals surface area contributed by atoms with E-state index in [1.807, 2.05) is 13.8 Å². The van der Waals surface area contributed by atoms with Crippen LogP contribution in [0.25, 0.3) is 0 Å². The normalized spacial score (nSPS) is 14.7. The van der Waals surface area contributed by atoms with Crippen molar-refractivity contribution in [2.24, 2.45) is 0 Å². The Bertz CT molecular complexity index is 357. The molecule has 0 aliphatic rings. The van der Waals surface area contributed by atoms with Gasteiger partial charge in [0, 0.05) is 11.8 Å². The molecule has 0 aliphatic heterocycles. The monoisotopic (exact) mass is 243 g/mol. The lowest BCUT2D eigenvalue weighted by Gasteiger charge is -2.11. The molecule has 16 heavy (non-hydrogen) atoms. The molecule has 2 atom stereocenters. The third kappa shape index (κ3) is 4.02. The van der Waals surface area contributed by atoms with E-state index in [9.17, 15) is 8.60 Å². The minimum absolute atomic E-state index is 0.311. The van der Waals surface area contributed by atoms with Gasteiger partial charge in [-0.05, 0) is 32.0 Å². The predicted molar refractivity (Wildman–Crippen MR) is 65.4 cm³/mol. The van der Waals surface area contributed by atoms with E-state index in [1.165, 1.54) is 6.07 Å². The third-order valence-corrected chi connectivity index (χ3v) is 3.80. The van der Waals surface area contributed by atoms with E-state index < -0.39 is 10.8 Å². The van der Waals surface area contributed by atoms with Gasteiger partial charge in [0.1, 0.15) is 5.82 Å². The van der Waals surface area contributed by atoms with Crippen molar-refractivity contribution in [1.29, 1.82) is 0 Å². The Morgan fingerprint density at radius 2 is 2.12 bits per heavy atom. The molecule has 1 aromatic rings. The lowest BCUT2D eigenvalue weighted by molar-refractivity contribution is 0.551. The van der Waals surface area contributed by atoms with E-state index in [1.54, 1.807) is 18.2 Å². The van der Waals surface area contributed by atoms with E-state index in [4.69, 9.17) is 0 Å². The first kappa shape index (κ1) is 13.3. The Hall–Kier alpha value is -0.740. The van der Waals surface area contributed by atoms with Crippen LogP contribution in [0.1, 0.15) is 20.3 Å². The maximum absolute atomic E-state index is 13.3. The number of rotatable bonds is 6. The standard InChI is InChI=1S/C12H18FNOS/c1-3-14-10(2)8-9-16(15)12-7-5-4-6-11(12)13/h4-7,10,14H,3,8-9H2,1-2H3. The van der Waals surface area contributed by atoms with Crippen molar-refractivity contribution in [3.63, 3.8) is 0 Å². The van der Waals surface area contributed by atoms with Gasteiger partial charge in [0.15, 0.2) is 0 Å². The molecule has 4 heteroatoms. The summed E-state index contributed by atoms with van der Waals surface area (Å²) in [6.07, 6.45) is 0.786. The van der Waals surface area contributed by atoms with E-state index >= 15 is 0 Å². The first-order valence-electron chi connectivity index (χ1n) is 5.51. The molecule has 2 unspecified atom stereocenters. The lowest BCUT2D eigenvalue weighted by Crippen LogP contribution is -2.27. The fourth-order valence-corrected chi connectivity index (χ4v) is 2.78. The molecule has 2 nitrogen and oxygen atoms in total. The molecule has 0 saturated carbocycles. The van der Waals surface area contributed by atoms with Crippen molar-refractivity contribution in [2.45, 2.75) is 31.2 Å². The van der Waals surface area contributed by atoms with Crippen molar-refractivity contribution in [2.75, 3.05) is 12.3 Å². The molecule has 0 amide bonds. The van der Waals surface area contributed by atoms with E-state index in [0.717, 1.165) is 13.0 Å². The highest BCUT2D eigenvalue weighted by molar-refractivity contribution is 7.85. The fraction of sp³-hybridized carbons (Fsp3) is 0.500. The van der Waals surface area contributed by atoms with Gasteiger partial charge in [0.25, 0.3) is 0 Å². The van der Waals surface area contributed by atoms with Crippen LogP contribution in [0.2, 0.25) is 0 Å². The van der Waals surface area contributed by atoms with Gasteiger partial charge < -0.3 is 5.32 Å². The summed E-state index contributed by atoms with van der Waals surface area (Å²) < 4.78 is 25.1. The second-order valence-electron chi connectivity index (χ2n) is 3.73. The number of hydrogen-bond acceptors (Lipinski definition) is 2. The van der Waals surface area contributed by atoms with Crippen LogP contribution in [0.3, 0.4) is 0 Å². The van der Waals surface area contributed by atoms with Crippen molar-refractivity contribution in [3.05, 3.63) is 30.1 Å². The Kier molecular flexibility index (Phi) is 5.63. The minimum atomic E-state index is -1.23. The summed E-state index contributed by atoms with van der Waals surface area (Å²) in [6, 6.07) is 6.58. The van der Waals surface area contributed by atoms with E-state index in [-0.39, 0.29) is 5.82 Å². The zero-order valence-corrected chi connectivity index (χ0v) is 10.5. The summed E-state index contributed by atoms with van der Waals surface area (Å²) in [4.78, 5) is 0.311. The van der Waals surface area contributed by atoms with Gasteiger partial charge in [-0.15, -0.1) is 0 Å². The SMILES string of the molecule is CCNC(C)CCS(=O)c1ccccc1F. The largest absolute Gasteiger partial charge is 0.315 e. The number of benzene rings is 1. The average Bonchev–Trinajstić information content (AvgIpc) is 2.27. The highest BCUT2D eigenvalue weighted by Crippen LogP contribution is 2.12. The summed E-state index contributed by atoms with van der Waals surface area (Å²) in [5.41, 5.74) is 0. The van der Waals surface area contributed by atoms with Gasteiger partial charge in [-0.1, -0.05) is 19.1 Å². The van der Waals surface area contributed by atoms with Gasteiger partial charge in [0.05, 0.1) is 15.7 Å². The number of halogens is 1. The lowest BCUT2D eigenvalue weighted by atomic mass is 10.3. The van der Waals surface area contributed by atoms with Gasteiger partial charge in [0.2, 0.25) is 0 Å². The average molecular weight is 243 g/mol. The van der Waals surface area contributed by atoms with Crippen LogP contribution < -0.4 is 5.32 Å². The molecule has 0 aromatic heterocycles. The molecule has 0 heterocycles. The summed E-state index contributed by atoms with van der Waals surface area (Å²) in [5.74, 6) is 0.117. The van der Waals surface area contributed by atoms with Crippen LogP contribution in [0.5, 0.6) is 0 Å². The van der Waals surface area contributed by atoms with Crippen LogP contribution >= 0.6 is 0 Å². The van der Waals surface area contributed by atoms with E-state index in [2.05, 4.69) is 5.32 Å². The first-order valence-corrected chi connectivity index (χ1v) is 6.83. The van der Waals surface area contributed by atoms with Crippen molar-refractivity contribution in [1.82, 2.24) is 5.32 Å². The summed E-state index contributed by atoms with van der Waals surface area (Å²) in [7, 11) is -1.23. The number of hydrogen-bond donors (Lipinski definition) is 1. The second kappa shape index (κ2) is 6.76. The van der Waals surface area contributed by atoms with Crippen LogP contribution in [0, 0.1) is 5.82 Å². The Balaban J connectivity index is 2.50. The molecule has 0 aliphatic carbocycles. The van der Waals surface area contributed by atoms with Gasteiger partial charge in [-0.2, -0.15) is 0 Å². The summed E-state index contributed by atoms with van der Waals surface area (Å²) >= 11 is 0. The first-order chi connectivity index (χ1) is 7.65.